The van der Waals surface area contributed by atoms with Crippen LogP contribution in [0.5, 0.6) is 0 Å². The second kappa shape index (κ2) is 6.33. The van der Waals surface area contributed by atoms with E-state index in [-0.39, 0.29) is 10.0 Å². The first-order chi connectivity index (χ1) is 9.45. The first-order valence-electron chi connectivity index (χ1n) is 6.02. The Balaban J connectivity index is 2.58. The van der Waals surface area contributed by atoms with Crippen molar-refractivity contribution in [2.45, 2.75) is 13.0 Å². The van der Waals surface area contributed by atoms with Crippen molar-refractivity contribution >= 4 is 31.9 Å². The molecule has 0 fully saturated rings. The maximum Gasteiger partial charge on any atom is 0.145 e. The van der Waals surface area contributed by atoms with E-state index in [4.69, 9.17) is 0 Å². The quantitative estimate of drug-likeness (QED) is 0.701. The minimum Gasteiger partial charge on any atom is -0.309 e. The van der Waals surface area contributed by atoms with Crippen LogP contribution in [0.1, 0.15) is 22.7 Å². The zero-order valence-corrected chi connectivity index (χ0v) is 14.1. The lowest BCUT2D eigenvalue weighted by Crippen LogP contribution is -2.20. The fourth-order valence-corrected chi connectivity index (χ4v) is 2.82. The number of aryl methyl sites for hydroxylation is 1. The highest BCUT2D eigenvalue weighted by molar-refractivity contribution is 9.10. The van der Waals surface area contributed by atoms with Gasteiger partial charge in [-0.2, -0.15) is 0 Å². The largest absolute Gasteiger partial charge is 0.309 e. The number of hydrogen-bond donors (Lipinski definition) is 1. The summed E-state index contributed by atoms with van der Waals surface area (Å²) in [5, 5.41) is 2.97. The monoisotopic (exact) mass is 403 g/mol. The van der Waals surface area contributed by atoms with Crippen molar-refractivity contribution in [3.8, 4) is 0 Å². The molecule has 0 aromatic heterocycles. The summed E-state index contributed by atoms with van der Waals surface area (Å²) < 4.78 is 29.4. The molecule has 106 valence electrons. The third-order valence-electron chi connectivity index (χ3n) is 3.19. The van der Waals surface area contributed by atoms with Gasteiger partial charge in [0, 0.05) is 10.0 Å². The fourth-order valence-electron chi connectivity index (χ4n) is 2.07. The van der Waals surface area contributed by atoms with E-state index >= 15 is 0 Å². The van der Waals surface area contributed by atoms with E-state index in [0.29, 0.717) is 0 Å². The van der Waals surface area contributed by atoms with Crippen molar-refractivity contribution in [2.75, 3.05) is 7.05 Å². The molecule has 2 aromatic carbocycles. The van der Waals surface area contributed by atoms with Crippen molar-refractivity contribution in [1.82, 2.24) is 5.32 Å². The van der Waals surface area contributed by atoms with Gasteiger partial charge in [-0.25, -0.2) is 8.78 Å². The highest BCUT2D eigenvalue weighted by Gasteiger charge is 2.22. The van der Waals surface area contributed by atoms with Crippen molar-refractivity contribution in [1.29, 1.82) is 0 Å². The first-order valence-corrected chi connectivity index (χ1v) is 7.61. The van der Waals surface area contributed by atoms with E-state index in [1.807, 2.05) is 25.1 Å². The van der Waals surface area contributed by atoms with E-state index in [1.165, 1.54) is 12.1 Å². The lowest BCUT2D eigenvalue weighted by atomic mass is 9.97. The molecule has 2 aromatic rings. The molecule has 1 atom stereocenters. The van der Waals surface area contributed by atoms with Crippen LogP contribution in [-0.2, 0) is 0 Å². The normalized spacial score (nSPS) is 12.5. The van der Waals surface area contributed by atoms with E-state index in [2.05, 4.69) is 37.2 Å². The van der Waals surface area contributed by atoms with Crippen LogP contribution in [0.15, 0.2) is 39.3 Å². The van der Waals surface area contributed by atoms with Crippen LogP contribution in [0.4, 0.5) is 8.78 Å². The highest BCUT2D eigenvalue weighted by Crippen LogP contribution is 2.32. The Morgan fingerprint density at radius 2 is 1.75 bits per heavy atom. The Morgan fingerprint density at radius 1 is 1.05 bits per heavy atom. The summed E-state index contributed by atoms with van der Waals surface area (Å²) in [5.41, 5.74) is 1.87. The van der Waals surface area contributed by atoms with Crippen molar-refractivity contribution in [3.63, 3.8) is 0 Å². The molecule has 0 aliphatic heterocycles. The van der Waals surface area contributed by atoms with Crippen LogP contribution in [0.3, 0.4) is 0 Å². The smallest absolute Gasteiger partial charge is 0.145 e. The third-order valence-corrected chi connectivity index (χ3v) is 4.65. The molecule has 2 rings (SSSR count). The second-order valence-electron chi connectivity index (χ2n) is 4.49. The minimum atomic E-state index is -0.582. The van der Waals surface area contributed by atoms with Gasteiger partial charge in [0.2, 0.25) is 0 Å². The molecule has 0 radical (unpaired) electrons. The van der Waals surface area contributed by atoms with Gasteiger partial charge in [0.05, 0.1) is 10.5 Å². The summed E-state index contributed by atoms with van der Waals surface area (Å²) in [7, 11) is 1.68. The van der Waals surface area contributed by atoms with Gasteiger partial charge in [0.25, 0.3) is 0 Å². The number of hydrogen-bond acceptors (Lipinski definition) is 1. The summed E-state index contributed by atoms with van der Waals surface area (Å²) in [5.74, 6) is -1.15. The molecule has 0 amide bonds. The zero-order valence-electron chi connectivity index (χ0n) is 11.0. The molecule has 0 aliphatic rings. The van der Waals surface area contributed by atoms with Crippen molar-refractivity contribution < 1.29 is 8.78 Å². The Hall–Kier alpha value is -0.780. The topological polar surface area (TPSA) is 12.0 Å². The Bertz CT molecular complexity index is 644. The van der Waals surface area contributed by atoms with Gasteiger partial charge in [0.15, 0.2) is 0 Å². The number of rotatable bonds is 3. The predicted octanol–water partition coefficient (Wildman–Crippen LogP) is 5.11. The van der Waals surface area contributed by atoms with Gasteiger partial charge >= 0.3 is 0 Å². The fraction of sp³-hybridized carbons (Fsp3) is 0.200. The van der Waals surface area contributed by atoms with Gasteiger partial charge in [-0.15, -0.1) is 0 Å². The zero-order chi connectivity index (χ0) is 14.9. The summed E-state index contributed by atoms with van der Waals surface area (Å²) in [6.07, 6.45) is 0. The van der Waals surface area contributed by atoms with Crippen LogP contribution in [0.2, 0.25) is 0 Å². The lowest BCUT2D eigenvalue weighted by molar-refractivity contribution is 0.518. The van der Waals surface area contributed by atoms with E-state index in [1.54, 1.807) is 7.05 Å². The van der Waals surface area contributed by atoms with Crippen LogP contribution in [0.25, 0.3) is 0 Å². The first kappa shape index (κ1) is 15.6. The molecule has 0 spiro atoms. The molecule has 1 nitrogen and oxygen atoms in total. The Kier molecular flexibility index (Phi) is 4.94. The second-order valence-corrected chi connectivity index (χ2v) is 6.20. The molecule has 20 heavy (non-hydrogen) atoms. The van der Waals surface area contributed by atoms with E-state index in [9.17, 15) is 8.78 Å². The SMILES string of the molecule is CNC(c1ccc(C)c(Br)c1)c1c(F)ccc(Br)c1F. The van der Waals surface area contributed by atoms with E-state index < -0.39 is 17.7 Å². The molecule has 0 saturated carbocycles. The van der Waals surface area contributed by atoms with Crippen LogP contribution < -0.4 is 5.32 Å². The van der Waals surface area contributed by atoms with E-state index in [0.717, 1.165) is 15.6 Å². The lowest BCUT2D eigenvalue weighted by Gasteiger charge is -2.20. The van der Waals surface area contributed by atoms with Gasteiger partial charge in [0.1, 0.15) is 11.6 Å². The van der Waals surface area contributed by atoms with Crippen molar-refractivity contribution in [3.05, 3.63) is 67.6 Å². The number of halogens is 4. The molecule has 0 saturated heterocycles. The van der Waals surface area contributed by atoms with Crippen LogP contribution in [0, 0.1) is 18.6 Å². The highest BCUT2D eigenvalue weighted by atomic mass is 79.9. The van der Waals surface area contributed by atoms with Gasteiger partial charge < -0.3 is 5.32 Å². The standard InChI is InChI=1S/C15H13Br2F2N/c1-8-3-4-9(7-11(8)17)15(20-2)13-12(18)6-5-10(16)14(13)19/h3-7,15,20H,1-2H3. The minimum absolute atomic E-state index is 0.0117. The van der Waals surface area contributed by atoms with Crippen molar-refractivity contribution in [2.24, 2.45) is 0 Å². The molecular weight excluding hydrogens is 392 g/mol. The average Bonchev–Trinajstić information content (AvgIpc) is 2.42. The Labute approximate surface area is 133 Å². The molecule has 5 heteroatoms. The van der Waals surface area contributed by atoms with Gasteiger partial charge in [-0.3, -0.25) is 0 Å². The summed E-state index contributed by atoms with van der Waals surface area (Å²) in [6.45, 7) is 1.96. The van der Waals surface area contributed by atoms with Crippen LogP contribution >= 0.6 is 31.9 Å². The summed E-state index contributed by atoms with van der Waals surface area (Å²) in [6, 6.07) is 7.72. The summed E-state index contributed by atoms with van der Waals surface area (Å²) >= 11 is 6.54. The van der Waals surface area contributed by atoms with Gasteiger partial charge in [-0.05, 0) is 59.2 Å². The number of benzene rings is 2. The molecule has 0 heterocycles. The average molecular weight is 405 g/mol. The summed E-state index contributed by atoms with van der Waals surface area (Å²) in [4.78, 5) is 0. The molecule has 0 bridgehead atoms. The number of nitrogens with one attached hydrogen (secondary N) is 1. The Morgan fingerprint density at radius 3 is 2.35 bits per heavy atom. The predicted molar refractivity (Wildman–Crippen MR) is 83.8 cm³/mol. The maximum absolute atomic E-state index is 14.2. The molecule has 1 N–H and O–H groups in total. The van der Waals surface area contributed by atoms with Gasteiger partial charge in [-0.1, -0.05) is 28.1 Å². The maximum atomic E-state index is 14.2. The molecule has 0 aliphatic carbocycles. The van der Waals surface area contributed by atoms with Crippen LogP contribution in [-0.4, -0.2) is 7.05 Å². The molecular formula is C15H13Br2F2N. The third kappa shape index (κ3) is 2.95. The molecule has 1 unspecified atom stereocenters.